The van der Waals surface area contributed by atoms with E-state index in [4.69, 9.17) is 0 Å². The molecule has 7 heteroatoms. The summed E-state index contributed by atoms with van der Waals surface area (Å²) in [6.45, 7) is 0.148. The van der Waals surface area contributed by atoms with E-state index in [1.165, 1.54) is 30.3 Å². The van der Waals surface area contributed by atoms with E-state index in [9.17, 15) is 19.3 Å². The average Bonchev–Trinajstić information content (AvgIpc) is 2.45. The molecule has 0 spiro atoms. The van der Waals surface area contributed by atoms with Gasteiger partial charge in [0.05, 0.1) is 10.5 Å². The predicted molar refractivity (Wildman–Crippen MR) is 83.4 cm³/mol. The molecule has 21 heavy (non-hydrogen) atoms. The number of non-ortho nitro benzene ring substituents is 1. The number of rotatable bonds is 4. The summed E-state index contributed by atoms with van der Waals surface area (Å²) in [4.78, 5) is 22.2. The Balaban J connectivity index is 2.13. The molecule has 1 amide bonds. The molecule has 0 aromatic heterocycles. The topological polar surface area (TPSA) is 72.2 Å². The maximum absolute atomic E-state index is 13.0. The number of amides is 1. The minimum absolute atomic E-state index is 0.147. The first kappa shape index (κ1) is 15.4. The Labute approximate surface area is 133 Å². The number of nitro benzene ring substituents is 1. The summed E-state index contributed by atoms with van der Waals surface area (Å²) in [6.07, 6.45) is 0. The minimum Gasteiger partial charge on any atom is -0.348 e. The van der Waals surface area contributed by atoms with Crippen molar-refractivity contribution in [3.05, 3.63) is 73.1 Å². The largest absolute Gasteiger partial charge is 0.348 e. The predicted octanol–water partition coefficient (Wildman–Crippen LogP) is 3.27. The van der Waals surface area contributed by atoms with Crippen LogP contribution in [0.2, 0.25) is 0 Å². The van der Waals surface area contributed by atoms with E-state index in [1.807, 2.05) is 22.6 Å². The molecule has 0 atom stereocenters. The number of benzene rings is 2. The lowest BCUT2D eigenvalue weighted by Crippen LogP contribution is -2.23. The lowest BCUT2D eigenvalue weighted by molar-refractivity contribution is -0.384. The lowest BCUT2D eigenvalue weighted by Gasteiger charge is -2.07. The molecule has 0 aliphatic carbocycles. The molecule has 0 fully saturated rings. The summed E-state index contributed by atoms with van der Waals surface area (Å²) >= 11 is 1.93. The maximum Gasteiger partial charge on any atom is 0.270 e. The summed E-state index contributed by atoms with van der Waals surface area (Å²) < 4.78 is 13.6. The maximum atomic E-state index is 13.0. The van der Waals surface area contributed by atoms with Crippen LogP contribution < -0.4 is 5.32 Å². The van der Waals surface area contributed by atoms with E-state index in [-0.39, 0.29) is 23.6 Å². The molecule has 0 aliphatic rings. The van der Waals surface area contributed by atoms with Crippen molar-refractivity contribution in [1.82, 2.24) is 5.32 Å². The van der Waals surface area contributed by atoms with Gasteiger partial charge in [-0.05, 0) is 46.4 Å². The van der Waals surface area contributed by atoms with Gasteiger partial charge in [-0.25, -0.2) is 4.39 Å². The summed E-state index contributed by atoms with van der Waals surface area (Å²) in [5.41, 5.74) is 0.691. The van der Waals surface area contributed by atoms with Gasteiger partial charge in [-0.3, -0.25) is 14.9 Å². The van der Waals surface area contributed by atoms with Gasteiger partial charge in [0.15, 0.2) is 0 Å². The Hall–Kier alpha value is -2.03. The molecular weight excluding hydrogens is 390 g/mol. The van der Waals surface area contributed by atoms with Crippen LogP contribution in [0.15, 0.2) is 42.5 Å². The van der Waals surface area contributed by atoms with E-state index < -0.39 is 10.8 Å². The standard InChI is InChI=1S/C14H10FIN2O3/c15-10-3-1-2-9(6-10)8-17-14(19)12-7-11(18(20)21)4-5-13(12)16/h1-7H,8H2,(H,17,19). The third-order valence-corrected chi connectivity index (χ3v) is 3.69. The molecule has 0 aliphatic heterocycles. The summed E-state index contributed by atoms with van der Waals surface area (Å²) in [5.74, 6) is -0.820. The van der Waals surface area contributed by atoms with Crippen LogP contribution in [0, 0.1) is 19.5 Å². The second kappa shape index (κ2) is 6.61. The summed E-state index contributed by atoms with van der Waals surface area (Å²) in [7, 11) is 0. The number of nitrogens with one attached hydrogen (secondary N) is 1. The minimum atomic E-state index is -0.556. The van der Waals surface area contributed by atoms with Gasteiger partial charge in [0.25, 0.3) is 11.6 Å². The van der Waals surface area contributed by atoms with Gasteiger partial charge in [-0.15, -0.1) is 0 Å². The van der Waals surface area contributed by atoms with Crippen LogP contribution in [0.4, 0.5) is 10.1 Å². The third kappa shape index (κ3) is 3.97. The quantitative estimate of drug-likeness (QED) is 0.487. The molecule has 108 valence electrons. The fraction of sp³-hybridized carbons (Fsp3) is 0.0714. The van der Waals surface area contributed by atoms with Gasteiger partial charge < -0.3 is 5.32 Å². The van der Waals surface area contributed by atoms with Crippen molar-refractivity contribution in [3.8, 4) is 0 Å². The fourth-order valence-electron chi connectivity index (χ4n) is 1.73. The number of nitro groups is 1. The summed E-state index contributed by atoms with van der Waals surface area (Å²) in [5, 5.41) is 13.4. The molecule has 0 heterocycles. The number of hydrogen-bond acceptors (Lipinski definition) is 3. The average molecular weight is 400 g/mol. The molecular formula is C14H10FIN2O3. The van der Waals surface area contributed by atoms with Crippen molar-refractivity contribution in [1.29, 1.82) is 0 Å². The zero-order valence-electron chi connectivity index (χ0n) is 10.7. The second-order valence-electron chi connectivity index (χ2n) is 4.23. The van der Waals surface area contributed by atoms with Gasteiger partial charge in [0.1, 0.15) is 5.82 Å². The highest BCUT2D eigenvalue weighted by molar-refractivity contribution is 14.1. The molecule has 5 nitrogen and oxygen atoms in total. The fourth-order valence-corrected chi connectivity index (χ4v) is 2.31. The zero-order chi connectivity index (χ0) is 15.4. The Kier molecular flexibility index (Phi) is 4.84. The Morgan fingerprint density at radius 3 is 2.71 bits per heavy atom. The highest BCUT2D eigenvalue weighted by Crippen LogP contribution is 2.19. The Morgan fingerprint density at radius 1 is 1.29 bits per heavy atom. The van der Waals surface area contributed by atoms with E-state index in [1.54, 1.807) is 12.1 Å². The SMILES string of the molecule is O=C(NCc1cccc(F)c1)c1cc([N+](=O)[O-])ccc1I. The highest BCUT2D eigenvalue weighted by atomic mass is 127. The number of carbonyl (C=O) groups excluding carboxylic acids is 1. The lowest BCUT2D eigenvalue weighted by atomic mass is 10.1. The normalized spacial score (nSPS) is 10.2. The first-order chi connectivity index (χ1) is 9.97. The van der Waals surface area contributed by atoms with Crippen molar-refractivity contribution in [2.75, 3.05) is 0 Å². The molecule has 0 bridgehead atoms. The van der Waals surface area contributed by atoms with Crippen molar-refractivity contribution in [2.45, 2.75) is 6.54 Å². The third-order valence-electron chi connectivity index (χ3n) is 2.75. The molecule has 2 aromatic carbocycles. The molecule has 0 unspecified atom stereocenters. The second-order valence-corrected chi connectivity index (χ2v) is 5.40. The zero-order valence-corrected chi connectivity index (χ0v) is 12.8. The van der Waals surface area contributed by atoms with Crippen molar-refractivity contribution < 1.29 is 14.1 Å². The molecule has 2 aromatic rings. The molecule has 0 saturated carbocycles. The number of halogens is 2. The van der Waals surface area contributed by atoms with E-state index >= 15 is 0 Å². The Bertz CT molecular complexity index is 706. The Morgan fingerprint density at radius 2 is 2.05 bits per heavy atom. The molecule has 0 radical (unpaired) electrons. The van der Waals surface area contributed by atoms with Crippen LogP contribution in [0.1, 0.15) is 15.9 Å². The summed E-state index contributed by atoms with van der Waals surface area (Å²) in [6, 6.07) is 9.94. The molecule has 0 saturated heterocycles. The molecule has 1 N–H and O–H groups in total. The molecule has 2 rings (SSSR count). The van der Waals surface area contributed by atoms with E-state index in [0.29, 0.717) is 9.13 Å². The van der Waals surface area contributed by atoms with E-state index in [2.05, 4.69) is 5.32 Å². The van der Waals surface area contributed by atoms with Crippen LogP contribution in [-0.4, -0.2) is 10.8 Å². The van der Waals surface area contributed by atoms with Crippen LogP contribution in [-0.2, 0) is 6.54 Å². The van der Waals surface area contributed by atoms with Crippen molar-refractivity contribution in [2.24, 2.45) is 0 Å². The first-order valence-corrected chi connectivity index (χ1v) is 7.02. The van der Waals surface area contributed by atoms with E-state index in [0.717, 1.165) is 0 Å². The smallest absolute Gasteiger partial charge is 0.270 e. The van der Waals surface area contributed by atoms with Crippen LogP contribution in [0.3, 0.4) is 0 Å². The number of nitrogens with zero attached hydrogens (tertiary/aromatic N) is 1. The van der Waals surface area contributed by atoms with Crippen molar-refractivity contribution in [3.63, 3.8) is 0 Å². The van der Waals surface area contributed by atoms with Gasteiger partial charge in [0, 0.05) is 22.2 Å². The van der Waals surface area contributed by atoms with Gasteiger partial charge in [-0.2, -0.15) is 0 Å². The van der Waals surface area contributed by atoms with Gasteiger partial charge >= 0.3 is 0 Å². The first-order valence-electron chi connectivity index (χ1n) is 5.94. The van der Waals surface area contributed by atoms with Gasteiger partial charge in [-0.1, -0.05) is 12.1 Å². The number of hydrogen-bond donors (Lipinski definition) is 1. The highest BCUT2D eigenvalue weighted by Gasteiger charge is 2.15. The van der Waals surface area contributed by atoms with Gasteiger partial charge in [0.2, 0.25) is 0 Å². The number of carbonyl (C=O) groups is 1. The van der Waals surface area contributed by atoms with Crippen LogP contribution >= 0.6 is 22.6 Å². The monoisotopic (exact) mass is 400 g/mol. The van der Waals surface area contributed by atoms with Crippen LogP contribution in [0.5, 0.6) is 0 Å². The van der Waals surface area contributed by atoms with Crippen molar-refractivity contribution >= 4 is 34.2 Å². The van der Waals surface area contributed by atoms with Crippen LogP contribution in [0.25, 0.3) is 0 Å².